The summed E-state index contributed by atoms with van der Waals surface area (Å²) in [5.74, 6) is -0.614. The molecule has 2 aromatic rings. The number of sulfonamides is 1. The molecule has 152 valence electrons. The summed E-state index contributed by atoms with van der Waals surface area (Å²) in [5.41, 5.74) is 2.60. The van der Waals surface area contributed by atoms with Gasteiger partial charge in [0, 0.05) is 31.9 Å². The number of carbonyl (C=O) groups excluding carboxylic acids is 2. The number of aromatic nitrogens is 2. The maximum absolute atomic E-state index is 12.6. The van der Waals surface area contributed by atoms with Gasteiger partial charge < -0.3 is 10.6 Å². The largest absolute Gasteiger partial charge is 0.355 e. The van der Waals surface area contributed by atoms with E-state index in [0.717, 1.165) is 28.4 Å². The molecule has 0 saturated carbocycles. The van der Waals surface area contributed by atoms with Gasteiger partial charge in [-0.25, -0.2) is 8.42 Å². The van der Waals surface area contributed by atoms with E-state index in [1.165, 1.54) is 38.2 Å². The number of aromatic amines is 1. The second-order valence-corrected chi connectivity index (χ2v) is 8.49. The minimum absolute atomic E-state index is 0.0485. The molecule has 0 fully saturated rings. The first kappa shape index (κ1) is 21.6. The fourth-order valence-corrected chi connectivity index (χ4v) is 3.70. The van der Waals surface area contributed by atoms with Crippen LogP contribution in [0.5, 0.6) is 0 Å². The first-order valence-corrected chi connectivity index (χ1v) is 10.2. The highest BCUT2D eigenvalue weighted by atomic mass is 32.2. The third-order valence-corrected chi connectivity index (χ3v) is 5.95. The number of nitrogens with zero attached hydrogens (tertiary/aromatic N) is 2. The summed E-state index contributed by atoms with van der Waals surface area (Å²) < 4.78 is 26.1. The van der Waals surface area contributed by atoms with Crippen molar-refractivity contribution in [2.45, 2.75) is 31.6 Å². The van der Waals surface area contributed by atoms with Gasteiger partial charge in [-0.15, -0.1) is 0 Å². The molecule has 0 bridgehead atoms. The number of H-pyrrole nitrogens is 1. The summed E-state index contributed by atoms with van der Waals surface area (Å²) in [4.78, 5) is 23.1. The molecular formula is C18H25N5O4S. The van der Waals surface area contributed by atoms with Crippen molar-refractivity contribution in [1.29, 1.82) is 0 Å². The van der Waals surface area contributed by atoms with Crippen LogP contribution in [0.3, 0.4) is 0 Å². The third kappa shape index (κ3) is 5.89. The summed E-state index contributed by atoms with van der Waals surface area (Å²) in [6, 6.07) is 5.78. The van der Waals surface area contributed by atoms with Crippen molar-refractivity contribution in [3.05, 3.63) is 41.7 Å². The second-order valence-electron chi connectivity index (χ2n) is 6.44. The average Bonchev–Trinajstić information content (AvgIpc) is 3.03. The predicted octanol–water partition coefficient (Wildman–Crippen LogP) is 1.05. The van der Waals surface area contributed by atoms with E-state index in [2.05, 4.69) is 20.8 Å². The van der Waals surface area contributed by atoms with Gasteiger partial charge in [0.05, 0.1) is 17.6 Å². The van der Waals surface area contributed by atoms with Crippen LogP contribution in [-0.2, 0) is 26.0 Å². The Hall–Kier alpha value is -2.72. The summed E-state index contributed by atoms with van der Waals surface area (Å²) >= 11 is 0. The molecule has 10 heteroatoms. The number of hydrogen-bond acceptors (Lipinski definition) is 5. The maximum Gasteiger partial charge on any atom is 0.243 e. The van der Waals surface area contributed by atoms with Crippen LogP contribution < -0.4 is 10.6 Å². The second kappa shape index (κ2) is 9.47. The van der Waals surface area contributed by atoms with Crippen molar-refractivity contribution in [3.63, 3.8) is 0 Å². The highest BCUT2D eigenvalue weighted by Gasteiger charge is 2.22. The number of rotatable bonds is 9. The Kier molecular flexibility index (Phi) is 7.30. The Labute approximate surface area is 164 Å². The monoisotopic (exact) mass is 407 g/mol. The quantitative estimate of drug-likeness (QED) is 0.536. The van der Waals surface area contributed by atoms with Crippen molar-refractivity contribution in [3.8, 4) is 0 Å². The summed E-state index contributed by atoms with van der Waals surface area (Å²) in [6.45, 7) is 3.47. The molecule has 28 heavy (non-hydrogen) atoms. The van der Waals surface area contributed by atoms with E-state index in [1.807, 2.05) is 6.92 Å². The zero-order valence-corrected chi connectivity index (χ0v) is 17.0. The molecule has 0 aliphatic carbocycles. The molecule has 0 atom stereocenters. The fourth-order valence-electron chi connectivity index (χ4n) is 2.57. The smallest absolute Gasteiger partial charge is 0.243 e. The van der Waals surface area contributed by atoms with Gasteiger partial charge in [-0.1, -0.05) is 0 Å². The summed E-state index contributed by atoms with van der Waals surface area (Å²) in [7, 11) is -2.45. The Morgan fingerprint density at radius 2 is 1.89 bits per heavy atom. The molecule has 0 aliphatic heterocycles. The minimum atomic E-state index is -3.80. The molecule has 2 amide bonds. The molecule has 0 radical (unpaired) electrons. The van der Waals surface area contributed by atoms with Crippen molar-refractivity contribution >= 4 is 27.5 Å². The minimum Gasteiger partial charge on any atom is -0.355 e. The third-order valence-electron chi connectivity index (χ3n) is 4.13. The number of benzene rings is 1. The van der Waals surface area contributed by atoms with Gasteiger partial charge in [-0.2, -0.15) is 9.40 Å². The first-order chi connectivity index (χ1) is 13.2. The lowest BCUT2D eigenvalue weighted by atomic mass is 10.1. The van der Waals surface area contributed by atoms with Crippen LogP contribution in [0, 0.1) is 6.92 Å². The van der Waals surface area contributed by atoms with Crippen LogP contribution in [0.25, 0.3) is 0 Å². The molecule has 0 spiro atoms. The van der Waals surface area contributed by atoms with Crippen LogP contribution in [0.15, 0.2) is 35.4 Å². The number of aryl methyl sites for hydroxylation is 2. The molecule has 1 aromatic carbocycles. The van der Waals surface area contributed by atoms with Gasteiger partial charge in [0.2, 0.25) is 21.8 Å². The van der Waals surface area contributed by atoms with Gasteiger partial charge in [0.25, 0.3) is 0 Å². The lowest BCUT2D eigenvalue weighted by molar-refractivity contribution is -0.121. The maximum atomic E-state index is 12.6. The topological polar surface area (TPSA) is 124 Å². The van der Waals surface area contributed by atoms with Crippen LogP contribution in [-0.4, -0.2) is 54.9 Å². The zero-order valence-electron chi connectivity index (χ0n) is 16.2. The molecule has 1 heterocycles. The van der Waals surface area contributed by atoms with Gasteiger partial charge >= 0.3 is 0 Å². The number of nitrogens with one attached hydrogen (secondary N) is 3. The van der Waals surface area contributed by atoms with Gasteiger partial charge in [-0.05, 0) is 49.6 Å². The molecule has 1 aromatic heterocycles. The standard InChI is InChI=1S/C18H25N5O4S/c1-13-15(11-20-22-13)5-4-10-19-18(25)12-23(3)28(26,27)17-8-6-16(7-9-17)21-14(2)24/h6-9,11H,4-5,10,12H2,1-3H3,(H,19,25)(H,20,22)(H,21,24). The Bertz CT molecular complexity index is 922. The summed E-state index contributed by atoms with van der Waals surface area (Å²) in [5, 5.41) is 12.1. The lowest BCUT2D eigenvalue weighted by Gasteiger charge is -2.17. The Balaban J connectivity index is 1.84. The van der Waals surface area contributed by atoms with E-state index in [9.17, 15) is 18.0 Å². The van der Waals surface area contributed by atoms with Gasteiger partial charge in [0.1, 0.15) is 0 Å². The van der Waals surface area contributed by atoms with Crippen LogP contribution >= 0.6 is 0 Å². The Morgan fingerprint density at radius 3 is 2.46 bits per heavy atom. The van der Waals surface area contributed by atoms with Crippen molar-refractivity contribution in [2.24, 2.45) is 0 Å². The zero-order chi connectivity index (χ0) is 20.7. The van der Waals surface area contributed by atoms with Gasteiger partial charge in [0.15, 0.2) is 0 Å². The van der Waals surface area contributed by atoms with Crippen molar-refractivity contribution in [2.75, 3.05) is 25.5 Å². The number of carbonyl (C=O) groups is 2. The SMILES string of the molecule is CC(=O)Nc1ccc(S(=O)(=O)N(C)CC(=O)NCCCc2cn[nH]c2C)cc1. The molecule has 3 N–H and O–H groups in total. The summed E-state index contributed by atoms with van der Waals surface area (Å²) in [6.07, 6.45) is 3.26. The van der Waals surface area contributed by atoms with Crippen LogP contribution in [0.4, 0.5) is 5.69 Å². The Morgan fingerprint density at radius 1 is 1.21 bits per heavy atom. The van der Waals surface area contributed by atoms with E-state index >= 15 is 0 Å². The fraction of sp³-hybridized carbons (Fsp3) is 0.389. The van der Waals surface area contributed by atoms with Crippen molar-refractivity contribution < 1.29 is 18.0 Å². The molecular weight excluding hydrogens is 382 g/mol. The molecule has 9 nitrogen and oxygen atoms in total. The van der Waals surface area contributed by atoms with E-state index < -0.39 is 10.0 Å². The lowest BCUT2D eigenvalue weighted by Crippen LogP contribution is -2.38. The number of anilines is 1. The van der Waals surface area contributed by atoms with E-state index in [-0.39, 0.29) is 23.3 Å². The first-order valence-electron chi connectivity index (χ1n) is 8.79. The van der Waals surface area contributed by atoms with Crippen LogP contribution in [0.1, 0.15) is 24.6 Å². The molecule has 2 rings (SSSR count). The molecule has 0 saturated heterocycles. The number of amides is 2. The highest BCUT2D eigenvalue weighted by Crippen LogP contribution is 2.17. The molecule has 0 unspecified atom stereocenters. The predicted molar refractivity (Wildman–Crippen MR) is 105 cm³/mol. The normalized spacial score (nSPS) is 11.4. The molecule has 0 aliphatic rings. The number of likely N-dealkylation sites (N-methyl/N-ethyl adjacent to an activating group) is 1. The number of hydrogen-bond donors (Lipinski definition) is 3. The van der Waals surface area contributed by atoms with Crippen LogP contribution in [0.2, 0.25) is 0 Å². The van der Waals surface area contributed by atoms with Crippen molar-refractivity contribution in [1.82, 2.24) is 19.8 Å². The average molecular weight is 407 g/mol. The van der Waals surface area contributed by atoms with Gasteiger partial charge in [-0.3, -0.25) is 14.7 Å². The van der Waals surface area contributed by atoms with E-state index in [4.69, 9.17) is 0 Å². The highest BCUT2D eigenvalue weighted by molar-refractivity contribution is 7.89. The van der Waals surface area contributed by atoms with E-state index in [0.29, 0.717) is 12.2 Å². The van der Waals surface area contributed by atoms with E-state index in [1.54, 1.807) is 6.20 Å².